The van der Waals surface area contributed by atoms with Crippen LogP contribution in [0.15, 0.2) is 35.1 Å². The molecule has 3 aliphatic heterocycles. The van der Waals surface area contributed by atoms with Crippen molar-refractivity contribution in [3.8, 4) is 5.75 Å². The quantitative estimate of drug-likeness (QED) is 0.730. The lowest BCUT2D eigenvalue weighted by atomic mass is 9.82. The molecule has 1 amide bonds. The van der Waals surface area contributed by atoms with Crippen molar-refractivity contribution in [1.82, 2.24) is 14.4 Å². The molecule has 2 bridgehead atoms. The van der Waals surface area contributed by atoms with Gasteiger partial charge in [0.05, 0.1) is 12.7 Å². The number of hydrogen-bond acceptors (Lipinski definition) is 4. The fourth-order valence-electron chi connectivity index (χ4n) is 5.47. The molecule has 0 N–H and O–H groups in total. The van der Waals surface area contributed by atoms with E-state index in [0.717, 1.165) is 37.3 Å². The molecule has 1 aromatic carbocycles. The van der Waals surface area contributed by atoms with Gasteiger partial charge in [-0.2, -0.15) is 0 Å². The van der Waals surface area contributed by atoms with E-state index in [1.165, 1.54) is 12.8 Å². The Kier molecular flexibility index (Phi) is 5.52. The number of benzene rings is 1. The van der Waals surface area contributed by atoms with Crippen LogP contribution in [0.4, 0.5) is 0 Å². The fraction of sp³-hybridized carbons (Fsp3) is 0.500. The first-order valence-electron chi connectivity index (χ1n) is 11.1. The highest BCUT2D eigenvalue weighted by molar-refractivity contribution is 6.30. The molecule has 2 saturated heterocycles. The summed E-state index contributed by atoms with van der Waals surface area (Å²) in [6.45, 7) is 4.86. The summed E-state index contributed by atoms with van der Waals surface area (Å²) in [4.78, 5) is 30.8. The van der Waals surface area contributed by atoms with Crippen molar-refractivity contribution in [3.05, 3.63) is 62.5 Å². The van der Waals surface area contributed by atoms with Crippen LogP contribution in [0, 0.1) is 5.92 Å². The van der Waals surface area contributed by atoms with Crippen LogP contribution in [0.25, 0.3) is 0 Å². The highest BCUT2D eigenvalue weighted by atomic mass is 35.5. The van der Waals surface area contributed by atoms with Crippen molar-refractivity contribution in [3.63, 3.8) is 0 Å². The second kappa shape index (κ2) is 8.32. The summed E-state index contributed by atoms with van der Waals surface area (Å²) in [5.41, 5.74) is 2.64. The molecular formula is C24H28ClN3O3. The van der Waals surface area contributed by atoms with Gasteiger partial charge in [-0.1, -0.05) is 17.7 Å². The van der Waals surface area contributed by atoms with Gasteiger partial charge in [0, 0.05) is 48.4 Å². The first-order valence-corrected chi connectivity index (χ1v) is 11.5. The summed E-state index contributed by atoms with van der Waals surface area (Å²) in [6.07, 6.45) is 3.46. The number of piperidine rings is 1. The van der Waals surface area contributed by atoms with E-state index in [4.69, 9.17) is 16.3 Å². The Balaban J connectivity index is 1.39. The van der Waals surface area contributed by atoms with E-state index in [1.807, 2.05) is 15.5 Å². The maximum Gasteiger partial charge on any atom is 0.257 e. The van der Waals surface area contributed by atoms with Gasteiger partial charge in [-0.15, -0.1) is 0 Å². The lowest BCUT2D eigenvalue weighted by Gasteiger charge is -2.43. The molecule has 1 aromatic heterocycles. The van der Waals surface area contributed by atoms with Gasteiger partial charge in [0.2, 0.25) is 0 Å². The number of amides is 1. The van der Waals surface area contributed by atoms with Crippen molar-refractivity contribution >= 4 is 17.5 Å². The van der Waals surface area contributed by atoms with Gasteiger partial charge in [-0.25, -0.2) is 0 Å². The summed E-state index contributed by atoms with van der Waals surface area (Å²) in [5, 5.41) is 0.543. The van der Waals surface area contributed by atoms with Crippen molar-refractivity contribution in [1.29, 1.82) is 0 Å². The number of pyridine rings is 1. The molecule has 31 heavy (non-hydrogen) atoms. The Morgan fingerprint density at radius 2 is 1.94 bits per heavy atom. The molecule has 6 nitrogen and oxygen atoms in total. The molecule has 0 saturated carbocycles. The normalized spacial score (nSPS) is 23.0. The third-order valence-corrected chi connectivity index (χ3v) is 7.19. The predicted octanol–water partition coefficient (Wildman–Crippen LogP) is 3.37. The number of aromatic nitrogens is 1. The van der Waals surface area contributed by atoms with Crippen molar-refractivity contribution in [2.24, 2.45) is 5.92 Å². The molecule has 5 rings (SSSR count). The summed E-state index contributed by atoms with van der Waals surface area (Å²) < 4.78 is 7.37. The van der Waals surface area contributed by atoms with Gasteiger partial charge < -0.3 is 14.2 Å². The van der Waals surface area contributed by atoms with Crippen LogP contribution < -0.4 is 10.3 Å². The molecule has 7 heteroatoms. The molecule has 0 unspecified atom stereocenters. The predicted molar refractivity (Wildman–Crippen MR) is 120 cm³/mol. The van der Waals surface area contributed by atoms with Crippen LogP contribution in [0.2, 0.25) is 5.02 Å². The molecule has 3 aliphatic rings. The fourth-order valence-corrected chi connectivity index (χ4v) is 5.63. The van der Waals surface area contributed by atoms with Crippen molar-refractivity contribution in [2.45, 2.75) is 38.3 Å². The average molecular weight is 442 g/mol. The summed E-state index contributed by atoms with van der Waals surface area (Å²) in [5.74, 6) is 0.928. The largest absolute Gasteiger partial charge is 0.496 e. The number of methoxy groups -OCH3 is 1. The SMILES string of the molecule is COc1cc(Cl)ccc1C(=O)N1C[C@@H]2C[C@H](C1)c1ccc(CN3CCCC3)c(=O)n1C2. The summed E-state index contributed by atoms with van der Waals surface area (Å²) >= 11 is 6.06. The topological polar surface area (TPSA) is 54.8 Å². The second-order valence-electron chi connectivity index (χ2n) is 9.04. The molecule has 0 spiro atoms. The van der Waals surface area contributed by atoms with E-state index in [9.17, 15) is 9.59 Å². The van der Waals surface area contributed by atoms with E-state index in [2.05, 4.69) is 11.0 Å². The van der Waals surface area contributed by atoms with Crippen LogP contribution in [-0.2, 0) is 13.1 Å². The Labute approximate surface area is 187 Å². The van der Waals surface area contributed by atoms with Gasteiger partial charge in [0.25, 0.3) is 11.5 Å². The monoisotopic (exact) mass is 441 g/mol. The zero-order valence-corrected chi connectivity index (χ0v) is 18.6. The Morgan fingerprint density at radius 1 is 1.13 bits per heavy atom. The number of likely N-dealkylation sites (tertiary alicyclic amines) is 2. The lowest BCUT2D eigenvalue weighted by molar-refractivity contribution is 0.0591. The Hall–Kier alpha value is -2.31. The molecule has 2 aromatic rings. The summed E-state index contributed by atoms with van der Waals surface area (Å²) in [7, 11) is 1.55. The highest BCUT2D eigenvalue weighted by Crippen LogP contribution is 2.36. The smallest absolute Gasteiger partial charge is 0.257 e. The van der Waals surface area contributed by atoms with Gasteiger partial charge in [0.1, 0.15) is 5.75 Å². The van der Waals surface area contributed by atoms with Crippen LogP contribution >= 0.6 is 11.6 Å². The maximum absolute atomic E-state index is 13.3. The van der Waals surface area contributed by atoms with Crippen LogP contribution in [0.5, 0.6) is 5.75 Å². The number of carbonyl (C=O) groups is 1. The minimum absolute atomic E-state index is 0.0373. The van der Waals surface area contributed by atoms with Gasteiger partial charge in [0.15, 0.2) is 0 Å². The number of nitrogens with zero attached hydrogens (tertiary/aromatic N) is 3. The number of ether oxygens (including phenoxy) is 1. The molecule has 4 heterocycles. The second-order valence-corrected chi connectivity index (χ2v) is 9.47. The maximum atomic E-state index is 13.3. The first kappa shape index (κ1) is 20.6. The van der Waals surface area contributed by atoms with Crippen LogP contribution in [-0.4, -0.2) is 53.6 Å². The molecular weight excluding hydrogens is 414 g/mol. The first-order chi connectivity index (χ1) is 15.0. The van der Waals surface area contributed by atoms with Gasteiger partial charge >= 0.3 is 0 Å². The minimum atomic E-state index is -0.0373. The molecule has 2 fully saturated rings. The number of hydrogen-bond donors (Lipinski definition) is 0. The van der Waals surface area contributed by atoms with Gasteiger partial charge in [-0.05, 0) is 62.5 Å². The zero-order chi connectivity index (χ0) is 21.5. The lowest BCUT2D eigenvalue weighted by Crippen LogP contribution is -2.49. The number of halogens is 1. The van der Waals surface area contributed by atoms with E-state index >= 15 is 0 Å². The molecule has 2 atom stereocenters. The number of carbonyl (C=O) groups excluding carboxylic acids is 1. The van der Waals surface area contributed by atoms with E-state index in [-0.39, 0.29) is 23.3 Å². The van der Waals surface area contributed by atoms with Crippen molar-refractivity contribution in [2.75, 3.05) is 33.3 Å². The minimum Gasteiger partial charge on any atom is -0.496 e. The number of fused-ring (bicyclic) bond motifs is 4. The van der Waals surface area contributed by atoms with Crippen molar-refractivity contribution < 1.29 is 9.53 Å². The average Bonchev–Trinajstić information content (AvgIpc) is 3.28. The summed E-state index contributed by atoms with van der Waals surface area (Å²) in [6, 6.07) is 9.26. The zero-order valence-electron chi connectivity index (χ0n) is 17.8. The van der Waals surface area contributed by atoms with E-state index in [0.29, 0.717) is 36.0 Å². The number of rotatable bonds is 4. The third-order valence-electron chi connectivity index (χ3n) is 6.96. The molecule has 164 valence electrons. The van der Waals surface area contributed by atoms with Gasteiger partial charge in [-0.3, -0.25) is 14.5 Å². The molecule has 0 aliphatic carbocycles. The standard InChI is InChI=1S/C24H28ClN3O3/c1-31-22-11-19(25)5-6-20(22)24(30)27-12-16-10-18(15-27)21-7-4-17(23(29)28(21)13-16)14-26-8-2-3-9-26/h4-7,11,16,18H,2-3,8-10,12-15H2,1H3/t16-,18+/m0/s1. The Morgan fingerprint density at radius 3 is 2.71 bits per heavy atom. The van der Waals surface area contributed by atoms with Crippen LogP contribution in [0.3, 0.4) is 0 Å². The van der Waals surface area contributed by atoms with E-state index in [1.54, 1.807) is 25.3 Å². The van der Waals surface area contributed by atoms with Crippen LogP contribution in [0.1, 0.15) is 46.8 Å². The van der Waals surface area contributed by atoms with E-state index < -0.39 is 0 Å². The molecule has 0 radical (unpaired) electrons. The highest BCUT2D eigenvalue weighted by Gasteiger charge is 2.37. The Bertz CT molecular complexity index is 1060. The third kappa shape index (κ3) is 3.87.